The molecule has 0 bridgehead atoms. The number of aromatic amines is 1. The Bertz CT molecular complexity index is 547. The molecule has 3 N–H and O–H groups in total. The third-order valence-corrected chi connectivity index (χ3v) is 3.88. The summed E-state index contributed by atoms with van der Waals surface area (Å²) in [5.41, 5.74) is 5.21. The number of benzene rings is 1. The van der Waals surface area contributed by atoms with E-state index in [4.69, 9.17) is 0 Å². The van der Waals surface area contributed by atoms with Gasteiger partial charge in [-0.15, -0.1) is 0 Å². The van der Waals surface area contributed by atoms with Gasteiger partial charge in [-0.05, 0) is 36.5 Å². The molecular formula is C15H20N4. The van der Waals surface area contributed by atoms with E-state index in [0.717, 1.165) is 19.4 Å². The summed E-state index contributed by atoms with van der Waals surface area (Å²) in [6.07, 6.45) is 5.32. The van der Waals surface area contributed by atoms with Crippen molar-refractivity contribution in [2.24, 2.45) is 0 Å². The van der Waals surface area contributed by atoms with Crippen LogP contribution in [-0.2, 0) is 19.4 Å². The quantitative estimate of drug-likeness (QED) is 0.785. The van der Waals surface area contributed by atoms with Gasteiger partial charge in [-0.25, -0.2) is 0 Å². The number of H-pyrrole nitrogens is 1. The molecule has 2 aromatic rings. The Hall–Kier alpha value is -1.81. The molecule has 0 spiro atoms. The van der Waals surface area contributed by atoms with Gasteiger partial charge in [0.25, 0.3) is 0 Å². The number of aromatic nitrogens is 2. The van der Waals surface area contributed by atoms with Gasteiger partial charge in [-0.3, -0.25) is 5.10 Å². The van der Waals surface area contributed by atoms with Crippen LogP contribution >= 0.6 is 0 Å². The molecule has 1 aliphatic rings. The van der Waals surface area contributed by atoms with Gasteiger partial charge >= 0.3 is 0 Å². The Morgan fingerprint density at radius 1 is 1.37 bits per heavy atom. The molecule has 1 heterocycles. The van der Waals surface area contributed by atoms with E-state index in [1.165, 1.54) is 28.9 Å². The molecule has 100 valence electrons. The second-order valence-electron chi connectivity index (χ2n) is 5.10. The van der Waals surface area contributed by atoms with Gasteiger partial charge in [0.15, 0.2) is 0 Å². The minimum atomic E-state index is 0.551. The molecule has 1 aliphatic carbocycles. The summed E-state index contributed by atoms with van der Waals surface area (Å²) in [5, 5.41) is 14.1. The molecule has 1 unspecified atom stereocenters. The first-order chi connectivity index (χ1) is 9.36. The molecule has 0 saturated carbocycles. The molecule has 0 fully saturated rings. The largest absolute Gasteiger partial charge is 0.388 e. The molecule has 1 atom stereocenters. The number of hydrogen-bond donors (Lipinski definition) is 3. The SMILES string of the molecule is CNc1ccccc1CNC1CCc2[nH]ncc2C1. The van der Waals surface area contributed by atoms with Gasteiger partial charge in [0.05, 0.1) is 6.20 Å². The van der Waals surface area contributed by atoms with Gasteiger partial charge in [-0.2, -0.15) is 5.10 Å². The van der Waals surface area contributed by atoms with Crippen LogP contribution in [0.25, 0.3) is 0 Å². The molecule has 1 aromatic heterocycles. The van der Waals surface area contributed by atoms with Gasteiger partial charge < -0.3 is 10.6 Å². The Morgan fingerprint density at radius 2 is 2.26 bits per heavy atom. The Balaban J connectivity index is 1.61. The van der Waals surface area contributed by atoms with Gasteiger partial charge in [-0.1, -0.05) is 18.2 Å². The molecular weight excluding hydrogens is 236 g/mol. The maximum atomic E-state index is 4.12. The number of anilines is 1. The van der Waals surface area contributed by atoms with Crippen LogP contribution in [0.5, 0.6) is 0 Å². The lowest BCUT2D eigenvalue weighted by Gasteiger charge is -2.23. The van der Waals surface area contributed by atoms with Crippen LogP contribution in [0.3, 0.4) is 0 Å². The van der Waals surface area contributed by atoms with Crippen LogP contribution in [-0.4, -0.2) is 23.3 Å². The monoisotopic (exact) mass is 256 g/mol. The Kier molecular flexibility index (Phi) is 3.51. The van der Waals surface area contributed by atoms with Crippen LogP contribution in [0.1, 0.15) is 23.2 Å². The second kappa shape index (κ2) is 5.45. The number of fused-ring (bicyclic) bond motifs is 1. The normalized spacial score (nSPS) is 18.1. The van der Waals surface area contributed by atoms with Crippen molar-refractivity contribution in [3.05, 3.63) is 47.3 Å². The predicted molar refractivity (Wildman–Crippen MR) is 77.2 cm³/mol. The number of rotatable bonds is 4. The molecule has 19 heavy (non-hydrogen) atoms. The first kappa shape index (κ1) is 12.2. The van der Waals surface area contributed by atoms with Crippen molar-refractivity contribution in [2.45, 2.75) is 31.8 Å². The number of nitrogens with zero attached hydrogens (tertiary/aromatic N) is 1. The Morgan fingerprint density at radius 3 is 3.16 bits per heavy atom. The minimum Gasteiger partial charge on any atom is -0.388 e. The summed E-state index contributed by atoms with van der Waals surface area (Å²) in [6, 6.07) is 8.99. The van der Waals surface area contributed by atoms with Crippen molar-refractivity contribution in [1.82, 2.24) is 15.5 Å². The van der Waals surface area contributed by atoms with E-state index in [1.54, 1.807) is 0 Å². The zero-order valence-corrected chi connectivity index (χ0v) is 11.2. The van der Waals surface area contributed by atoms with E-state index in [2.05, 4.69) is 45.1 Å². The third kappa shape index (κ3) is 2.63. The summed E-state index contributed by atoms with van der Waals surface area (Å²) in [7, 11) is 1.97. The highest BCUT2D eigenvalue weighted by Crippen LogP contribution is 2.20. The number of para-hydroxylation sites is 1. The summed E-state index contributed by atoms with van der Waals surface area (Å²) in [4.78, 5) is 0. The topological polar surface area (TPSA) is 52.7 Å². The van der Waals surface area contributed by atoms with Crippen molar-refractivity contribution in [3.63, 3.8) is 0 Å². The van der Waals surface area contributed by atoms with E-state index < -0.39 is 0 Å². The average Bonchev–Trinajstić information content (AvgIpc) is 2.93. The molecule has 0 saturated heterocycles. The predicted octanol–water partition coefficient (Wildman–Crippen LogP) is 2.10. The van der Waals surface area contributed by atoms with E-state index in [1.807, 2.05) is 13.2 Å². The van der Waals surface area contributed by atoms with E-state index >= 15 is 0 Å². The standard InChI is InChI=1S/C15H20N4/c1-16-14-5-3-2-4-11(14)9-17-13-6-7-15-12(8-13)10-18-19-15/h2-5,10,13,16-17H,6-9H2,1H3,(H,18,19). The number of hydrogen-bond acceptors (Lipinski definition) is 3. The smallest absolute Gasteiger partial charge is 0.0522 e. The lowest BCUT2D eigenvalue weighted by molar-refractivity contribution is 0.456. The molecule has 4 heteroatoms. The van der Waals surface area contributed by atoms with Crippen LogP contribution in [0, 0.1) is 0 Å². The van der Waals surface area contributed by atoms with Crippen molar-refractivity contribution in [2.75, 3.05) is 12.4 Å². The summed E-state index contributed by atoms with van der Waals surface area (Å²) < 4.78 is 0. The second-order valence-corrected chi connectivity index (χ2v) is 5.10. The van der Waals surface area contributed by atoms with E-state index in [-0.39, 0.29) is 0 Å². The van der Waals surface area contributed by atoms with E-state index in [9.17, 15) is 0 Å². The number of nitrogens with one attached hydrogen (secondary N) is 3. The third-order valence-electron chi connectivity index (χ3n) is 3.88. The first-order valence-corrected chi connectivity index (χ1v) is 6.87. The fraction of sp³-hybridized carbons (Fsp3) is 0.400. The molecule has 3 rings (SSSR count). The zero-order valence-electron chi connectivity index (χ0n) is 11.2. The highest BCUT2D eigenvalue weighted by atomic mass is 15.1. The van der Waals surface area contributed by atoms with Crippen LogP contribution in [0.15, 0.2) is 30.5 Å². The molecule has 0 amide bonds. The van der Waals surface area contributed by atoms with Crippen molar-refractivity contribution < 1.29 is 0 Å². The van der Waals surface area contributed by atoms with E-state index in [0.29, 0.717) is 6.04 Å². The Labute approximate surface area is 113 Å². The van der Waals surface area contributed by atoms with Gasteiger partial charge in [0.2, 0.25) is 0 Å². The highest BCUT2D eigenvalue weighted by molar-refractivity contribution is 5.50. The summed E-state index contributed by atoms with van der Waals surface area (Å²) in [6.45, 7) is 0.912. The van der Waals surface area contributed by atoms with Crippen LogP contribution < -0.4 is 10.6 Å². The highest BCUT2D eigenvalue weighted by Gasteiger charge is 2.19. The molecule has 0 radical (unpaired) electrons. The fourth-order valence-electron chi connectivity index (χ4n) is 2.76. The lowest BCUT2D eigenvalue weighted by atomic mass is 9.93. The minimum absolute atomic E-state index is 0.551. The van der Waals surface area contributed by atoms with Crippen LogP contribution in [0.4, 0.5) is 5.69 Å². The average molecular weight is 256 g/mol. The van der Waals surface area contributed by atoms with Crippen molar-refractivity contribution in [1.29, 1.82) is 0 Å². The van der Waals surface area contributed by atoms with Gasteiger partial charge in [0, 0.05) is 31.0 Å². The maximum absolute atomic E-state index is 4.12. The summed E-state index contributed by atoms with van der Waals surface area (Å²) >= 11 is 0. The maximum Gasteiger partial charge on any atom is 0.0522 e. The zero-order chi connectivity index (χ0) is 13.1. The van der Waals surface area contributed by atoms with Crippen molar-refractivity contribution >= 4 is 5.69 Å². The molecule has 0 aliphatic heterocycles. The van der Waals surface area contributed by atoms with Crippen LogP contribution in [0.2, 0.25) is 0 Å². The molecule has 1 aromatic carbocycles. The first-order valence-electron chi connectivity index (χ1n) is 6.87. The molecule has 4 nitrogen and oxygen atoms in total. The lowest BCUT2D eigenvalue weighted by Crippen LogP contribution is -2.34. The van der Waals surface area contributed by atoms with Gasteiger partial charge in [0.1, 0.15) is 0 Å². The number of aryl methyl sites for hydroxylation is 1. The summed E-state index contributed by atoms with van der Waals surface area (Å²) in [5.74, 6) is 0. The van der Waals surface area contributed by atoms with Crippen molar-refractivity contribution in [3.8, 4) is 0 Å². The fourth-order valence-corrected chi connectivity index (χ4v) is 2.76.